The molecule has 0 radical (unpaired) electrons. The zero-order valence-electron chi connectivity index (χ0n) is 16.6. The molecule has 0 atom stereocenters. The van der Waals surface area contributed by atoms with Gasteiger partial charge in [-0.1, -0.05) is 17.3 Å². The minimum absolute atomic E-state index is 0. The van der Waals surface area contributed by atoms with Crippen molar-refractivity contribution in [2.75, 3.05) is 46.4 Å². The molecule has 1 aliphatic heterocycles. The van der Waals surface area contributed by atoms with Crippen LogP contribution in [0.3, 0.4) is 0 Å². The van der Waals surface area contributed by atoms with E-state index in [-0.39, 0.29) is 24.0 Å². The summed E-state index contributed by atoms with van der Waals surface area (Å²) in [5.74, 6) is 1.90. The predicted molar refractivity (Wildman–Crippen MR) is 121 cm³/mol. The highest BCUT2D eigenvalue weighted by molar-refractivity contribution is 14.0. The number of rotatable bonds is 7. The molecule has 1 aliphatic rings. The lowest BCUT2D eigenvalue weighted by atomic mass is 10.1. The van der Waals surface area contributed by atoms with Gasteiger partial charge in [-0.25, -0.2) is 0 Å². The number of hydrogen-bond donors (Lipinski definition) is 1. The largest absolute Gasteiger partial charge is 0.497 e. The van der Waals surface area contributed by atoms with Crippen molar-refractivity contribution in [1.29, 1.82) is 0 Å². The normalized spacial score (nSPS) is 15.2. The van der Waals surface area contributed by atoms with E-state index < -0.39 is 0 Å². The summed E-state index contributed by atoms with van der Waals surface area (Å²) in [6.45, 7) is 8.49. The van der Waals surface area contributed by atoms with Crippen LogP contribution in [0.4, 0.5) is 0 Å². The van der Waals surface area contributed by atoms with Gasteiger partial charge in [0.05, 0.1) is 12.8 Å². The van der Waals surface area contributed by atoms with Gasteiger partial charge in [-0.05, 0) is 31.0 Å². The molecule has 0 bridgehead atoms. The molecular formula is C20H30IN5O2. The van der Waals surface area contributed by atoms with Gasteiger partial charge in [0.25, 0.3) is 0 Å². The fourth-order valence-corrected chi connectivity index (χ4v) is 3.21. The molecular weight excluding hydrogens is 469 g/mol. The van der Waals surface area contributed by atoms with Crippen molar-refractivity contribution in [1.82, 2.24) is 20.3 Å². The summed E-state index contributed by atoms with van der Waals surface area (Å²) in [6, 6.07) is 10.1. The van der Waals surface area contributed by atoms with Crippen molar-refractivity contribution in [2.45, 2.75) is 19.9 Å². The van der Waals surface area contributed by atoms with Crippen molar-refractivity contribution in [3.63, 3.8) is 0 Å². The zero-order chi connectivity index (χ0) is 18.9. The highest BCUT2D eigenvalue weighted by atomic mass is 127. The summed E-state index contributed by atoms with van der Waals surface area (Å²) in [5.41, 5.74) is 2.23. The van der Waals surface area contributed by atoms with E-state index in [2.05, 4.69) is 39.3 Å². The Labute approximate surface area is 184 Å². The van der Waals surface area contributed by atoms with Crippen LogP contribution in [-0.2, 0) is 13.0 Å². The number of piperazine rings is 1. The van der Waals surface area contributed by atoms with Crippen molar-refractivity contribution in [3.05, 3.63) is 47.9 Å². The number of ether oxygens (including phenoxy) is 1. The molecule has 8 heteroatoms. The van der Waals surface area contributed by atoms with Gasteiger partial charge in [-0.15, -0.1) is 24.0 Å². The number of halogens is 1. The van der Waals surface area contributed by atoms with Crippen LogP contribution in [0, 0.1) is 0 Å². The molecule has 0 spiro atoms. The van der Waals surface area contributed by atoms with Crippen LogP contribution in [0.15, 0.2) is 46.1 Å². The van der Waals surface area contributed by atoms with Gasteiger partial charge >= 0.3 is 0 Å². The maximum atomic E-state index is 5.29. The minimum Gasteiger partial charge on any atom is -0.497 e. The van der Waals surface area contributed by atoms with Crippen LogP contribution in [-0.4, -0.2) is 67.3 Å². The van der Waals surface area contributed by atoms with E-state index >= 15 is 0 Å². The number of benzene rings is 1. The lowest BCUT2D eigenvalue weighted by Crippen LogP contribution is -2.52. The highest BCUT2D eigenvalue weighted by Crippen LogP contribution is 2.13. The molecule has 2 heterocycles. The SMILES string of the molecule is CCNC(=NCCc1cccc(OC)c1)N1CCN(Cc2ccon2)CC1.I. The zero-order valence-corrected chi connectivity index (χ0v) is 19.0. The molecule has 3 rings (SSSR count). The fourth-order valence-electron chi connectivity index (χ4n) is 3.21. The molecule has 2 aromatic rings. The van der Waals surface area contributed by atoms with Crippen molar-refractivity contribution < 1.29 is 9.26 Å². The van der Waals surface area contributed by atoms with E-state index in [1.807, 2.05) is 18.2 Å². The van der Waals surface area contributed by atoms with Gasteiger partial charge in [-0.3, -0.25) is 9.89 Å². The third kappa shape index (κ3) is 6.66. The Balaban J connectivity index is 0.00000280. The van der Waals surface area contributed by atoms with Crippen LogP contribution < -0.4 is 10.1 Å². The van der Waals surface area contributed by atoms with E-state index in [1.165, 1.54) is 5.56 Å². The molecule has 28 heavy (non-hydrogen) atoms. The van der Waals surface area contributed by atoms with Crippen molar-refractivity contribution in [2.24, 2.45) is 4.99 Å². The van der Waals surface area contributed by atoms with Gasteiger partial charge in [0, 0.05) is 51.9 Å². The maximum Gasteiger partial charge on any atom is 0.194 e. The average Bonchev–Trinajstić information content (AvgIpc) is 3.21. The van der Waals surface area contributed by atoms with Crippen molar-refractivity contribution >= 4 is 29.9 Å². The molecule has 1 saturated heterocycles. The molecule has 1 fully saturated rings. The van der Waals surface area contributed by atoms with E-state index in [9.17, 15) is 0 Å². The number of nitrogens with zero attached hydrogens (tertiary/aromatic N) is 4. The second kappa shape index (κ2) is 11.9. The van der Waals surface area contributed by atoms with Crippen LogP contribution in [0.5, 0.6) is 5.75 Å². The van der Waals surface area contributed by atoms with Gasteiger partial charge < -0.3 is 19.5 Å². The molecule has 0 unspecified atom stereocenters. The smallest absolute Gasteiger partial charge is 0.194 e. The summed E-state index contributed by atoms with van der Waals surface area (Å²) in [6.07, 6.45) is 2.53. The average molecular weight is 499 g/mol. The second-order valence-corrected chi connectivity index (χ2v) is 6.59. The second-order valence-electron chi connectivity index (χ2n) is 6.59. The number of hydrogen-bond acceptors (Lipinski definition) is 5. The van der Waals surface area contributed by atoms with Gasteiger partial charge in [0.1, 0.15) is 12.0 Å². The van der Waals surface area contributed by atoms with Crippen molar-refractivity contribution in [3.8, 4) is 5.75 Å². The first-order chi connectivity index (χ1) is 13.3. The van der Waals surface area contributed by atoms with Crippen LogP contribution >= 0.6 is 24.0 Å². The first-order valence-corrected chi connectivity index (χ1v) is 9.56. The summed E-state index contributed by atoms with van der Waals surface area (Å²) in [7, 11) is 1.70. The lowest BCUT2D eigenvalue weighted by molar-refractivity contribution is 0.169. The number of nitrogens with one attached hydrogen (secondary N) is 1. The topological polar surface area (TPSA) is 66.1 Å². The minimum atomic E-state index is 0. The molecule has 1 aromatic carbocycles. The first-order valence-electron chi connectivity index (χ1n) is 9.56. The van der Waals surface area contributed by atoms with E-state index in [0.29, 0.717) is 0 Å². The molecule has 0 saturated carbocycles. The van der Waals surface area contributed by atoms with E-state index in [4.69, 9.17) is 14.3 Å². The van der Waals surface area contributed by atoms with Gasteiger partial charge in [0.15, 0.2) is 5.96 Å². The molecule has 0 amide bonds. The van der Waals surface area contributed by atoms with Gasteiger partial charge in [-0.2, -0.15) is 0 Å². The standard InChI is InChI=1S/C20H29N5O2.HI/c1-3-21-20(22-9-7-17-5-4-6-19(15-17)26-2)25-12-10-24(11-13-25)16-18-8-14-27-23-18;/h4-6,8,14-15H,3,7,9-13,16H2,1-2H3,(H,21,22);1H. The Morgan fingerprint density at radius 1 is 1.25 bits per heavy atom. The first kappa shape index (κ1) is 22.5. The molecule has 0 aliphatic carbocycles. The Morgan fingerprint density at radius 3 is 2.75 bits per heavy atom. The molecule has 154 valence electrons. The highest BCUT2D eigenvalue weighted by Gasteiger charge is 2.20. The fraction of sp³-hybridized carbons (Fsp3) is 0.500. The molecule has 1 aromatic heterocycles. The van der Waals surface area contributed by atoms with E-state index in [0.717, 1.165) is 69.6 Å². The monoisotopic (exact) mass is 499 g/mol. The number of guanidine groups is 1. The molecule has 7 nitrogen and oxygen atoms in total. The Bertz CT molecular complexity index is 715. The number of aromatic nitrogens is 1. The summed E-state index contributed by atoms with van der Waals surface area (Å²) in [5, 5.41) is 7.43. The number of aliphatic imine (C=N–C) groups is 1. The molecule has 1 N–H and O–H groups in total. The Hall–Kier alpha value is -1.81. The van der Waals surface area contributed by atoms with Gasteiger partial charge in [0.2, 0.25) is 0 Å². The summed E-state index contributed by atoms with van der Waals surface area (Å²) < 4.78 is 10.2. The van der Waals surface area contributed by atoms with Crippen LogP contribution in [0.2, 0.25) is 0 Å². The quantitative estimate of drug-likeness (QED) is 0.359. The Kier molecular flexibility index (Phi) is 9.56. The Morgan fingerprint density at radius 2 is 2.07 bits per heavy atom. The predicted octanol–water partition coefficient (Wildman–Crippen LogP) is 2.63. The van der Waals surface area contributed by atoms with Crippen LogP contribution in [0.25, 0.3) is 0 Å². The maximum absolute atomic E-state index is 5.29. The summed E-state index contributed by atoms with van der Waals surface area (Å²) >= 11 is 0. The third-order valence-corrected chi connectivity index (χ3v) is 4.68. The third-order valence-electron chi connectivity index (χ3n) is 4.68. The van der Waals surface area contributed by atoms with E-state index in [1.54, 1.807) is 13.4 Å². The number of methoxy groups -OCH3 is 1. The lowest BCUT2D eigenvalue weighted by Gasteiger charge is -2.36. The van der Waals surface area contributed by atoms with Crippen LogP contribution in [0.1, 0.15) is 18.2 Å². The summed E-state index contributed by atoms with van der Waals surface area (Å²) in [4.78, 5) is 9.57.